The van der Waals surface area contributed by atoms with E-state index in [1.165, 1.54) is 51.0 Å². The zero-order chi connectivity index (χ0) is 13.9. The first-order valence-electron chi connectivity index (χ1n) is 7.93. The van der Waals surface area contributed by atoms with Crippen LogP contribution in [0.4, 0.5) is 0 Å². The van der Waals surface area contributed by atoms with Crippen molar-refractivity contribution in [3.8, 4) is 0 Å². The molecule has 0 aromatic heterocycles. The Balaban J connectivity index is 2.41. The molecule has 1 atom stereocenters. The van der Waals surface area contributed by atoms with Crippen molar-refractivity contribution in [2.75, 3.05) is 0 Å². The molecule has 1 fully saturated rings. The van der Waals surface area contributed by atoms with E-state index in [2.05, 4.69) is 40.0 Å². The second-order valence-corrected chi connectivity index (χ2v) is 22.8. The van der Waals surface area contributed by atoms with Gasteiger partial charge in [0.05, 0.1) is 13.2 Å². The van der Waals surface area contributed by atoms with E-state index in [1.807, 2.05) is 0 Å². The number of hydrogen-bond acceptors (Lipinski definition) is 1. The monoisotopic (exact) mass is 286 g/mol. The molecule has 1 aliphatic heterocycles. The van der Waals surface area contributed by atoms with E-state index in [0.29, 0.717) is 0 Å². The highest BCUT2D eigenvalue weighted by atomic mass is 29.3. The molecular formula is C15H34OSi2. The Labute approximate surface area is 117 Å². The van der Waals surface area contributed by atoms with Crippen LogP contribution in [0.2, 0.25) is 32.2 Å². The molecule has 1 heterocycles. The highest BCUT2D eigenvalue weighted by Gasteiger charge is 2.50. The standard InChI is InChI=1S/C15H34OSi2/c1-7-8-9-10-11-12-15(2)13-14-17(3,4)18(5,6)16-15/h7-14H2,1-6H3. The molecule has 18 heavy (non-hydrogen) atoms. The van der Waals surface area contributed by atoms with Crippen LogP contribution in [0.5, 0.6) is 0 Å². The van der Waals surface area contributed by atoms with Gasteiger partial charge in [0.15, 0.2) is 7.83 Å². The third kappa shape index (κ3) is 4.21. The minimum Gasteiger partial charge on any atom is -0.415 e. The summed E-state index contributed by atoms with van der Waals surface area (Å²) >= 11 is 0. The lowest BCUT2D eigenvalue weighted by Crippen LogP contribution is -2.64. The molecule has 1 unspecified atom stereocenters. The quantitative estimate of drug-likeness (QED) is 0.461. The molecule has 0 radical (unpaired) electrons. The Bertz CT molecular complexity index is 263. The van der Waals surface area contributed by atoms with Crippen molar-refractivity contribution in [1.82, 2.24) is 0 Å². The summed E-state index contributed by atoms with van der Waals surface area (Å²) < 4.78 is 6.68. The summed E-state index contributed by atoms with van der Waals surface area (Å²) in [6.07, 6.45) is 9.52. The van der Waals surface area contributed by atoms with Crippen molar-refractivity contribution in [3.05, 3.63) is 0 Å². The zero-order valence-corrected chi connectivity index (χ0v) is 15.6. The van der Waals surface area contributed by atoms with Gasteiger partial charge in [0.25, 0.3) is 0 Å². The fraction of sp³-hybridized carbons (Fsp3) is 1.00. The lowest BCUT2D eigenvalue weighted by Gasteiger charge is -2.51. The smallest absolute Gasteiger partial charge is 0.174 e. The van der Waals surface area contributed by atoms with Crippen molar-refractivity contribution in [2.24, 2.45) is 0 Å². The van der Waals surface area contributed by atoms with Crippen LogP contribution < -0.4 is 0 Å². The Hall–Kier alpha value is 0.394. The van der Waals surface area contributed by atoms with Crippen LogP contribution in [-0.2, 0) is 4.43 Å². The molecule has 0 aliphatic carbocycles. The molecule has 0 aromatic carbocycles. The Morgan fingerprint density at radius 1 is 1.00 bits per heavy atom. The fourth-order valence-electron chi connectivity index (χ4n) is 2.96. The lowest BCUT2D eigenvalue weighted by molar-refractivity contribution is 0.0606. The van der Waals surface area contributed by atoms with Crippen molar-refractivity contribution in [2.45, 2.75) is 96.6 Å². The maximum Gasteiger partial charge on any atom is 0.174 e. The van der Waals surface area contributed by atoms with Gasteiger partial charge >= 0.3 is 0 Å². The second-order valence-electron chi connectivity index (χ2n) is 7.61. The first-order chi connectivity index (χ1) is 8.22. The van der Waals surface area contributed by atoms with Crippen LogP contribution in [0.15, 0.2) is 0 Å². The third-order valence-electron chi connectivity index (χ3n) is 5.22. The van der Waals surface area contributed by atoms with Gasteiger partial charge < -0.3 is 4.43 Å². The minimum atomic E-state index is -1.39. The predicted octanol–water partition coefficient (Wildman–Crippen LogP) is 5.52. The van der Waals surface area contributed by atoms with Crippen LogP contribution >= 0.6 is 0 Å². The first kappa shape index (κ1) is 16.4. The lowest BCUT2D eigenvalue weighted by atomic mass is 9.95. The number of unbranched alkanes of at least 4 members (excludes halogenated alkanes) is 4. The van der Waals surface area contributed by atoms with Gasteiger partial charge in [-0.25, -0.2) is 0 Å². The SMILES string of the molecule is CCCCCCCC1(C)CC[Si](C)(C)[Si](C)(C)O1. The molecule has 0 amide bonds. The molecule has 0 bridgehead atoms. The summed E-state index contributed by atoms with van der Waals surface area (Å²) in [6, 6.07) is 1.48. The van der Waals surface area contributed by atoms with Crippen molar-refractivity contribution < 1.29 is 4.43 Å². The summed E-state index contributed by atoms with van der Waals surface area (Å²) in [5.74, 6) is 0. The first-order valence-corrected chi connectivity index (χ1v) is 15.0. The fourth-order valence-corrected chi connectivity index (χ4v) is 10.2. The molecule has 0 aromatic rings. The molecule has 108 valence electrons. The van der Waals surface area contributed by atoms with Crippen LogP contribution in [0.1, 0.15) is 58.8 Å². The van der Waals surface area contributed by atoms with E-state index < -0.39 is 15.4 Å². The highest BCUT2D eigenvalue weighted by molar-refractivity contribution is 7.38. The van der Waals surface area contributed by atoms with Crippen molar-refractivity contribution in [1.29, 1.82) is 0 Å². The zero-order valence-electron chi connectivity index (χ0n) is 13.6. The van der Waals surface area contributed by atoms with E-state index in [9.17, 15) is 0 Å². The van der Waals surface area contributed by atoms with Gasteiger partial charge in [0.1, 0.15) is 0 Å². The molecule has 0 saturated carbocycles. The summed E-state index contributed by atoms with van der Waals surface area (Å²) in [5.41, 5.74) is 0.213. The maximum atomic E-state index is 6.68. The topological polar surface area (TPSA) is 9.23 Å². The van der Waals surface area contributed by atoms with Crippen LogP contribution in [0.25, 0.3) is 0 Å². The van der Waals surface area contributed by atoms with Gasteiger partial charge in [-0.15, -0.1) is 0 Å². The molecule has 0 spiro atoms. The largest absolute Gasteiger partial charge is 0.415 e. The van der Waals surface area contributed by atoms with E-state index in [4.69, 9.17) is 4.43 Å². The number of hydrogen-bond donors (Lipinski definition) is 0. The van der Waals surface area contributed by atoms with Gasteiger partial charge in [-0.3, -0.25) is 0 Å². The summed E-state index contributed by atoms with van der Waals surface area (Å²) in [7, 11) is -2.44. The van der Waals surface area contributed by atoms with E-state index in [-0.39, 0.29) is 5.60 Å². The number of rotatable bonds is 6. The summed E-state index contributed by atoms with van der Waals surface area (Å²) in [6.45, 7) is 14.7. The molecule has 0 N–H and O–H groups in total. The molecule has 3 heteroatoms. The summed E-state index contributed by atoms with van der Waals surface area (Å²) in [5, 5.41) is 0. The minimum absolute atomic E-state index is 0.213. The Morgan fingerprint density at radius 2 is 1.61 bits per heavy atom. The van der Waals surface area contributed by atoms with Gasteiger partial charge in [-0.2, -0.15) is 0 Å². The van der Waals surface area contributed by atoms with Crippen molar-refractivity contribution >= 4 is 15.4 Å². The van der Waals surface area contributed by atoms with Crippen LogP contribution in [0.3, 0.4) is 0 Å². The predicted molar refractivity (Wildman–Crippen MR) is 87.3 cm³/mol. The highest BCUT2D eigenvalue weighted by Crippen LogP contribution is 2.41. The molecule has 1 aliphatic rings. The normalized spacial score (nSPS) is 30.3. The van der Waals surface area contributed by atoms with E-state index >= 15 is 0 Å². The summed E-state index contributed by atoms with van der Waals surface area (Å²) in [4.78, 5) is 0. The van der Waals surface area contributed by atoms with Gasteiger partial charge in [-0.1, -0.05) is 58.2 Å². The van der Waals surface area contributed by atoms with E-state index in [1.54, 1.807) is 0 Å². The third-order valence-corrected chi connectivity index (χ3v) is 21.8. The molecule has 1 nitrogen and oxygen atoms in total. The second kappa shape index (κ2) is 6.23. The van der Waals surface area contributed by atoms with Crippen molar-refractivity contribution in [3.63, 3.8) is 0 Å². The molecule has 1 rings (SSSR count). The van der Waals surface area contributed by atoms with E-state index in [0.717, 1.165) is 0 Å². The molecule has 1 saturated heterocycles. The van der Waals surface area contributed by atoms with Gasteiger partial charge in [-0.05, 0) is 32.9 Å². The Morgan fingerprint density at radius 3 is 2.17 bits per heavy atom. The van der Waals surface area contributed by atoms with Crippen LogP contribution in [-0.4, -0.2) is 21.0 Å². The average molecular weight is 287 g/mol. The average Bonchev–Trinajstić information content (AvgIpc) is 2.24. The van der Waals surface area contributed by atoms with Gasteiger partial charge in [0, 0.05) is 0 Å². The maximum absolute atomic E-state index is 6.68. The Kier molecular flexibility index (Phi) is 5.69. The van der Waals surface area contributed by atoms with Gasteiger partial charge in [0.2, 0.25) is 0 Å². The van der Waals surface area contributed by atoms with Crippen LogP contribution in [0, 0.1) is 0 Å². The molecular weight excluding hydrogens is 252 g/mol.